The van der Waals surface area contributed by atoms with Gasteiger partial charge in [0.2, 0.25) is 11.0 Å². The van der Waals surface area contributed by atoms with E-state index in [1.54, 1.807) is 0 Å². The molecule has 30 heavy (non-hydrogen) atoms. The largest absolute Gasteiger partial charge is 0.493 e. The van der Waals surface area contributed by atoms with E-state index in [1.807, 2.05) is 83.4 Å². The fourth-order valence-corrected chi connectivity index (χ4v) is 3.63. The van der Waals surface area contributed by atoms with Gasteiger partial charge in [0.25, 0.3) is 0 Å². The van der Waals surface area contributed by atoms with Gasteiger partial charge in [-0.2, -0.15) is 0 Å². The Morgan fingerprint density at radius 1 is 0.967 bits per heavy atom. The standard InChI is InChI=1S/C24H22N4OS/c1-2-18-12-6-8-14-20(18)25-24(30)27-26-22-19-13-7-9-15-21(19)28(23(22)29)16-17-10-4-3-5-11-17/h3-15,29H,2,16H2,1H3,(H,25,30). The van der Waals surface area contributed by atoms with E-state index in [2.05, 4.69) is 22.5 Å². The molecule has 0 amide bonds. The number of nitrogens with zero attached hydrogens (tertiary/aromatic N) is 3. The van der Waals surface area contributed by atoms with Crippen LogP contribution in [0.1, 0.15) is 18.1 Å². The first-order chi connectivity index (χ1) is 14.7. The van der Waals surface area contributed by atoms with Crippen LogP contribution in [0, 0.1) is 0 Å². The molecule has 6 heteroatoms. The lowest BCUT2D eigenvalue weighted by Crippen LogP contribution is -2.07. The Balaban J connectivity index is 1.64. The molecule has 0 bridgehead atoms. The minimum atomic E-state index is 0.0700. The van der Waals surface area contributed by atoms with Crippen LogP contribution in [0.15, 0.2) is 89.1 Å². The molecule has 2 N–H and O–H groups in total. The summed E-state index contributed by atoms with van der Waals surface area (Å²) in [5, 5.41) is 23.6. The first kappa shape index (κ1) is 19.8. The van der Waals surface area contributed by atoms with Crippen molar-refractivity contribution in [2.45, 2.75) is 19.9 Å². The number of thiocarbonyl (C=S) groups is 1. The summed E-state index contributed by atoms with van der Waals surface area (Å²) in [6.45, 7) is 2.62. The third kappa shape index (κ3) is 4.09. The lowest BCUT2D eigenvalue weighted by Gasteiger charge is -2.08. The van der Waals surface area contributed by atoms with Crippen LogP contribution in [0.5, 0.6) is 5.88 Å². The maximum atomic E-state index is 10.9. The van der Waals surface area contributed by atoms with Crippen LogP contribution in [0.4, 0.5) is 11.4 Å². The summed E-state index contributed by atoms with van der Waals surface area (Å²) in [5.41, 5.74) is 4.46. The topological polar surface area (TPSA) is 61.9 Å². The highest BCUT2D eigenvalue weighted by Gasteiger charge is 2.16. The van der Waals surface area contributed by atoms with Crippen molar-refractivity contribution in [3.63, 3.8) is 0 Å². The number of benzene rings is 3. The molecule has 0 saturated heterocycles. The normalized spacial score (nSPS) is 11.2. The molecule has 0 aliphatic heterocycles. The average molecular weight is 415 g/mol. The van der Waals surface area contributed by atoms with Crippen molar-refractivity contribution in [3.05, 3.63) is 90.0 Å². The summed E-state index contributed by atoms with van der Waals surface area (Å²) in [7, 11) is 0. The maximum Gasteiger partial charge on any atom is 0.221 e. The molecule has 1 heterocycles. The fraction of sp³-hybridized carbons (Fsp3) is 0.125. The summed E-state index contributed by atoms with van der Waals surface area (Å²) in [4.78, 5) is 0. The highest BCUT2D eigenvalue weighted by atomic mass is 32.1. The quantitative estimate of drug-likeness (QED) is 0.292. The molecule has 0 aliphatic rings. The van der Waals surface area contributed by atoms with Gasteiger partial charge in [0.05, 0.1) is 12.1 Å². The van der Waals surface area contributed by atoms with Gasteiger partial charge in [-0.05, 0) is 41.9 Å². The number of rotatable bonds is 5. The van der Waals surface area contributed by atoms with Crippen molar-refractivity contribution in [2.75, 3.05) is 5.32 Å². The number of aromatic hydroxyl groups is 1. The van der Waals surface area contributed by atoms with Gasteiger partial charge in [-0.15, -0.1) is 10.2 Å². The number of anilines is 1. The molecule has 5 nitrogen and oxygen atoms in total. The predicted octanol–water partition coefficient (Wildman–Crippen LogP) is 6.44. The Hall–Kier alpha value is -3.51. The smallest absolute Gasteiger partial charge is 0.221 e. The Labute approximate surface area is 180 Å². The van der Waals surface area contributed by atoms with Gasteiger partial charge in [0.1, 0.15) is 0 Å². The lowest BCUT2D eigenvalue weighted by atomic mass is 10.1. The molecule has 0 saturated carbocycles. The van der Waals surface area contributed by atoms with E-state index in [9.17, 15) is 5.11 Å². The number of nitrogens with one attached hydrogen (secondary N) is 1. The van der Waals surface area contributed by atoms with Crippen LogP contribution < -0.4 is 5.32 Å². The van der Waals surface area contributed by atoms with E-state index in [4.69, 9.17) is 12.2 Å². The minimum Gasteiger partial charge on any atom is -0.493 e. The summed E-state index contributed by atoms with van der Waals surface area (Å²) < 4.78 is 1.84. The lowest BCUT2D eigenvalue weighted by molar-refractivity contribution is 0.429. The predicted molar refractivity (Wildman–Crippen MR) is 126 cm³/mol. The van der Waals surface area contributed by atoms with Crippen LogP contribution in [0.3, 0.4) is 0 Å². The second-order valence-corrected chi connectivity index (χ2v) is 7.29. The van der Waals surface area contributed by atoms with Crippen LogP contribution in [0.2, 0.25) is 0 Å². The van der Waals surface area contributed by atoms with E-state index >= 15 is 0 Å². The second kappa shape index (κ2) is 8.88. The molecular formula is C24H22N4OS. The number of para-hydroxylation sites is 2. The summed E-state index contributed by atoms with van der Waals surface area (Å²) in [6, 6.07) is 25.7. The van der Waals surface area contributed by atoms with E-state index in [0.717, 1.165) is 34.1 Å². The maximum absolute atomic E-state index is 10.9. The zero-order valence-electron chi connectivity index (χ0n) is 16.6. The SMILES string of the molecule is CCc1ccccc1NC(=S)N=Nc1c(O)n(Cc2ccccc2)c2ccccc12. The fourth-order valence-electron chi connectivity index (χ4n) is 3.48. The molecule has 4 aromatic rings. The van der Waals surface area contributed by atoms with Crippen molar-refractivity contribution in [1.29, 1.82) is 0 Å². The van der Waals surface area contributed by atoms with E-state index in [0.29, 0.717) is 12.2 Å². The molecule has 0 spiro atoms. The molecule has 3 aromatic carbocycles. The van der Waals surface area contributed by atoms with Crippen molar-refractivity contribution >= 4 is 39.6 Å². The summed E-state index contributed by atoms with van der Waals surface area (Å²) >= 11 is 5.36. The Bertz CT molecular complexity index is 1210. The summed E-state index contributed by atoms with van der Waals surface area (Å²) in [5.74, 6) is 0.0700. The number of hydrogen-bond donors (Lipinski definition) is 2. The van der Waals surface area contributed by atoms with Crippen LogP contribution in [-0.4, -0.2) is 14.8 Å². The van der Waals surface area contributed by atoms with E-state index < -0.39 is 0 Å². The monoisotopic (exact) mass is 414 g/mol. The van der Waals surface area contributed by atoms with Gasteiger partial charge in [-0.1, -0.05) is 73.7 Å². The number of azo groups is 1. The van der Waals surface area contributed by atoms with Crippen molar-refractivity contribution in [2.24, 2.45) is 10.2 Å². The molecule has 1 aromatic heterocycles. The number of aryl methyl sites for hydroxylation is 1. The molecular weight excluding hydrogens is 392 g/mol. The zero-order valence-corrected chi connectivity index (χ0v) is 17.4. The Morgan fingerprint density at radius 3 is 2.47 bits per heavy atom. The van der Waals surface area contributed by atoms with Gasteiger partial charge in [0, 0.05) is 11.1 Å². The minimum absolute atomic E-state index is 0.0700. The molecule has 0 unspecified atom stereocenters. The highest BCUT2D eigenvalue weighted by Crippen LogP contribution is 2.39. The third-order valence-corrected chi connectivity index (χ3v) is 5.17. The highest BCUT2D eigenvalue weighted by molar-refractivity contribution is 7.80. The van der Waals surface area contributed by atoms with E-state index in [-0.39, 0.29) is 11.0 Å². The Morgan fingerprint density at radius 2 is 1.67 bits per heavy atom. The third-order valence-electron chi connectivity index (χ3n) is 4.98. The molecule has 0 radical (unpaired) electrons. The molecule has 0 aliphatic carbocycles. The second-order valence-electron chi connectivity index (χ2n) is 6.90. The number of fused-ring (bicyclic) bond motifs is 1. The molecule has 0 atom stereocenters. The van der Waals surface area contributed by atoms with Crippen molar-refractivity contribution in [1.82, 2.24) is 4.57 Å². The Kier molecular flexibility index (Phi) is 5.86. The van der Waals surface area contributed by atoms with Crippen molar-refractivity contribution in [3.8, 4) is 5.88 Å². The first-order valence-corrected chi connectivity index (χ1v) is 10.2. The summed E-state index contributed by atoms with van der Waals surface area (Å²) in [6.07, 6.45) is 0.886. The molecule has 4 rings (SSSR count). The first-order valence-electron chi connectivity index (χ1n) is 9.82. The van der Waals surface area contributed by atoms with Gasteiger partial charge in [-0.3, -0.25) is 0 Å². The van der Waals surface area contributed by atoms with Gasteiger partial charge < -0.3 is 15.0 Å². The van der Waals surface area contributed by atoms with Gasteiger partial charge in [-0.25, -0.2) is 0 Å². The van der Waals surface area contributed by atoms with Gasteiger partial charge in [0.15, 0.2) is 5.69 Å². The van der Waals surface area contributed by atoms with Crippen LogP contribution >= 0.6 is 12.2 Å². The van der Waals surface area contributed by atoms with Gasteiger partial charge >= 0.3 is 0 Å². The van der Waals surface area contributed by atoms with Crippen molar-refractivity contribution < 1.29 is 5.11 Å². The van der Waals surface area contributed by atoms with Crippen LogP contribution in [0.25, 0.3) is 10.9 Å². The average Bonchev–Trinajstić information content (AvgIpc) is 3.04. The number of aromatic nitrogens is 1. The van der Waals surface area contributed by atoms with Crippen LogP contribution in [-0.2, 0) is 13.0 Å². The molecule has 150 valence electrons. The zero-order chi connectivity index (χ0) is 20.9. The van der Waals surface area contributed by atoms with E-state index in [1.165, 1.54) is 0 Å². The number of hydrogen-bond acceptors (Lipinski definition) is 3. The molecule has 0 fully saturated rings.